The topological polar surface area (TPSA) is 63.6 Å². The van der Waals surface area contributed by atoms with Crippen LogP contribution < -0.4 is 0 Å². The van der Waals surface area contributed by atoms with Crippen LogP contribution in [0.25, 0.3) is 0 Å². The Labute approximate surface area is 143 Å². The Balaban J connectivity index is 1.88. The van der Waals surface area contributed by atoms with E-state index in [9.17, 15) is 14.7 Å². The van der Waals surface area contributed by atoms with Crippen molar-refractivity contribution in [3.05, 3.63) is 22.3 Å². The fourth-order valence-corrected chi connectivity index (χ4v) is 6.10. The van der Waals surface area contributed by atoms with Gasteiger partial charge in [0.1, 0.15) is 6.10 Å². The first-order valence-electron chi connectivity index (χ1n) is 9.06. The minimum atomic E-state index is -0.879. The van der Waals surface area contributed by atoms with Crippen molar-refractivity contribution in [2.24, 2.45) is 16.7 Å². The summed E-state index contributed by atoms with van der Waals surface area (Å²) in [6, 6.07) is 0. The molecule has 0 aromatic rings. The summed E-state index contributed by atoms with van der Waals surface area (Å²) < 4.78 is 5.37. The Hall–Kier alpha value is -1.42. The van der Waals surface area contributed by atoms with Crippen LogP contribution in [0.4, 0.5) is 0 Å². The second-order valence-corrected chi connectivity index (χ2v) is 8.88. The average molecular weight is 330 g/mol. The summed E-state index contributed by atoms with van der Waals surface area (Å²) in [5, 5.41) is 11.1. The number of carbonyl (C=O) groups is 2. The van der Waals surface area contributed by atoms with Gasteiger partial charge in [0, 0.05) is 11.1 Å². The van der Waals surface area contributed by atoms with Crippen LogP contribution in [0.15, 0.2) is 22.3 Å². The number of ether oxygens (including phenoxy) is 1. The third kappa shape index (κ3) is 1.83. The first-order chi connectivity index (χ1) is 11.2. The molecule has 4 atom stereocenters. The Morgan fingerprint density at radius 2 is 1.88 bits per heavy atom. The molecule has 0 spiro atoms. The lowest BCUT2D eigenvalue weighted by Crippen LogP contribution is -2.53. The molecule has 3 aliphatic carbocycles. The van der Waals surface area contributed by atoms with Crippen LogP contribution in [-0.2, 0) is 14.3 Å². The summed E-state index contributed by atoms with van der Waals surface area (Å²) in [5.74, 6) is -0.0803. The molecule has 0 aromatic heterocycles. The van der Waals surface area contributed by atoms with Gasteiger partial charge in [-0.05, 0) is 54.9 Å². The molecular formula is C20H26O4. The van der Waals surface area contributed by atoms with Crippen LogP contribution in [0, 0.1) is 16.7 Å². The lowest BCUT2D eigenvalue weighted by atomic mass is 9.48. The summed E-state index contributed by atoms with van der Waals surface area (Å²) in [4.78, 5) is 25.0. The minimum absolute atomic E-state index is 0.0632. The van der Waals surface area contributed by atoms with E-state index in [1.54, 1.807) is 6.92 Å². The molecule has 0 aromatic carbocycles. The number of aliphatic hydroxyl groups excluding tert-OH is 1. The van der Waals surface area contributed by atoms with Gasteiger partial charge in [-0.15, -0.1) is 0 Å². The van der Waals surface area contributed by atoms with Crippen LogP contribution in [0.1, 0.15) is 59.8 Å². The van der Waals surface area contributed by atoms with Gasteiger partial charge in [0.15, 0.2) is 11.9 Å². The highest BCUT2D eigenvalue weighted by Crippen LogP contribution is 2.62. The van der Waals surface area contributed by atoms with Crippen molar-refractivity contribution < 1.29 is 19.4 Å². The summed E-state index contributed by atoms with van der Waals surface area (Å²) in [6.45, 7) is 8.46. The van der Waals surface area contributed by atoms with E-state index in [0.717, 1.165) is 30.4 Å². The maximum atomic E-state index is 13.1. The molecule has 24 heavy (non-hydrogen) atoms. The SMILES string of the molecule is CC1=C2C(=O)C3=C([C@@H](O)C2OC1=O)[C@]1(C)CCCC(C)(C)[C@H]1CC3. The molecule has 4 rings (SSSR count). The van der Waals surface area contributed by atoms with E-state index in [0.29, 0.717) is 23.5 Å². The van der Waals surface area contributed by atoms with Crippen molar-refractivity contribution in [3.63, 3.8) is 0 Å². The van der Waals surface area contributed by atoms with Crippen molar-refractivity contribution in [2.45, 2.75) is 72.0 Å². The van der Waals surface area contributed by atoms with Gasteiger partial charge >= 0.3 is 5.97 Å². The molecule has 1 unspecified atom stereocenters. The largest absolute Gasteiger partial charge is 0.451 e. The summed E-state index contributed by atoms with van der Waals surface area (Å²) in [6.07, 6.45) is 3.27. The molecule has 1 aliphatic heterocycles. The average Bonchev–Trinajstić information content (AvgIpc) is 2.79. The van der Waals surface area contributed by atoms with Gasteiger partial charge in [0.2, 0.25) is 0 Å². The van der Waals surface area contributed by atoms with Crippen molar-refractivity contribution >= 4 is 11.8 Å². The zero-order valence-corrected chi connectivity index (χ0v) is 14.9. The maximum absolute atomic E-state index is 13.1. The number of carbonyl (C=O) groups excluding carboxylic acids is 2. The first-order valence-corrected chi connectivity index (χ1v) is 9.06. The van der Waals surface area contributed by atoms with E-state index in [4.69, 9.17) is 4.74 Å². The van der Waals surface area contributed by atoms with Gasteiger partial charge < -0.3 is 9.84 Å². The highest BCUT2D eigenvalue weighted by atomic mass is 16.6. The smallest absolute Gasteiger partial charge is 0.335 e. The van der Waals surface area contributed by atoms with Gasteiger partial charge in [-0.2, -0.15) is 0 Å². The van der Waals surface area contributed by atoms with Gasteiger partial charge in [-0.1, -0.05) is 27.2 Å². The lowest BCUT2D eigenvalue weighted by molar-refractivity contribution is -0.144. The van der Waals surface area contributed by atoms with Gasteiger partial charge in [0.05, 0.1) is 5.57 Å². The molecule has 0 radical (unpaired) electrons. The van der Waals surface area contributed by atoms with E-state index in [1.165, 1.54) is 6.42 Å². The highest BCUT2D eigenvalue weighted by molar-refractivity contribution is 6.16. The van der Waals surface area contributed by atoms with Crippen LogP contribution in [-0.4, -0.2) is 29.1 Å². The van der Waals surface area contributed by atoms with Gasteiger partial charge in [-0.3, -0.25) is 4.79 Å². The molecule has 4 heteroatoms. The Bertz CT molecular complexity index is 711. The van der Waals surface area contributed by atoms with Gasteiger partial charge in [-0.25, -0.2) is 4.79 Å². The monoisotopic (exact) mass is 330 g/mol. The number of allylic oxidation sites excluding steroid dienone is 1. The normalized spacial score (nSPS) is 41.0. The van der Waals surface area contributed by atoms with Crippen LogP contribution in [0.3, 0.4) is 0 Å². The number of ketones is 1. The van der Waals surface area contributed by atoms with Crippen molar-refractivity contribution in [2.75, 3.05) is 0 Å². The van der Waals surface area contributed by atoms with Crippen molar-refractivity contribution in [1.29, 1.82) is 0 Å². The minimum Gasteiger partial charge on any atom is -0.451 e. The van der Waals surface area contributed by atoms with Crippen LogP contribution in [0.5, 0.6) is 0 Å². The second kappa shape index (κ2) is 4.81. The van der Waals surface area contributed by atoms with E-state index >= 15 is 0 Å². The third-order valence-electron chi connectivity index (χ3n) is 7.18. The van der Waals surface area contributed by atoms with E-state index in [-0.39, 0.29) is 16.6 Å². The number of hydrogen-bond acceptors (Lipinski definition) is 4. The van der Waals surface area contributed by atoms with E-state index < -0.39 is 18.2 Å². The molecule has 4 nitrogen and oxygen atoms in total. The zero-order chi connectivity index (χ0) is 17.4. The summed E-state index contributed by atoms with van der Waals surface area (Å²) >= 11 is 0. The van der Waals surface area contributed by atoms with Gasteiger partial charge in [0.25, 0.3) is 0 Å². The second-order valence-electron chi connectivity index (χ2n) is 8.88. The number of rotatable bonds is 0. The quantitative estimate of drug-likeness (QED) is 0.693. The maximum Gasteiger partial charge on any atom is 0.335 e. The Morgan fingerprint density at radius 1 is 1.17 bits per heavy atom. The number of aliphatic hydroxyl groups is 1. The number of Topliss-reactive ketones (excluding diaryl/α,β-unsaturated/α-hetero) is 1. The number of esters is 1. The predicted molar refractivity (Wildman–Crippen MR) is 89.1 cm³/mol. The Morgan fingerprint density at radius 3 is 2.58 bits per heavy atom. The molecular weight excluding hydrogens is 304 g/mol. The first kappa shape index (κ1) is 16.1. The summed E-state index contributed by atoms with van der Waals surface area (Å²) in [7, 11) is 0. The molecule has 1 N–H and O–H groups in total. The standard InChI is InChI=1S/C20H26O4/c1-10-13-15(21)11-6-7-12-19(2,3)8-5-9-20(12,4)14(11)16(22)17(13)24-18(10)23/h12,16-17,22H,5-9H2,1-4H3/t12-,16-,17?,20-/m1/s1. The third-order valence-corrected chi connectivity index (χ3v) is 7.18. The van der Waals surface area contributed by atoms with Crippen LogP contribution in [0.2, 0.25) is 0 Å². The lowest BCUT2D eigenvalue weighted by Gasteiger charge is -2.57. The summed E-state index contributed by atoms with van der Waals surface area (Å²) in [5.41, 5.74) is 2.40. The highest BCUT2D eigenvalue weighted by Gasteiger charge is 2.58. The molecule has 4 aliphatic rings. The molecule has 1 fully saturated rings. The molecule has 0 bridgehead atoms. The molecule has 0 saturated heterocycles. The molecule has 1 heterocycles. The molecule has 130 valence electrons. The van der Waals surface area contributed by atoms with Crippen LogP contribution >= 0.6 is 0 Å². The van der Waals surface area contributed by atoms with E-state index in [2.05, 4.69) is 20.8 Å². The predicted octanol–water partition coefficient (Wildman–Crippen LogP) is 3.09. The fourth-order valence-electron chi connectivity index (χ4n) is 6.10. The fraction of sp³-hybridized carbons (Fsp3) is 0.700. The molecule has 1 saturated carbocycles. The van der Waals surface area contributed by atoms with Crippen molar-refractivity contribution in [1.82, 2.24) is 0 Å². The number of hydrogen-bond donors (Lipinski definition) is 1. The van der Waals surface area contributed by atoms with E-state index in [1.807, 2.05) is 0 Å². The molecule has 0 amide bonds. The van der Waals surface area contributed by atoms with Crippen molar-refractivity contribution in [3.8, 4) is 0 Å². The zero-order valence-electron chi connectivity index (χ0n) is 14.9. The Kier molecular flexibility index (Phi) is 3.22. The number of fused-ring (bicyclic) bond motifs is 3.